The molecule has 1 saturated heterocycles. The second-order valence-electron chi connectivity index (χ2n) is 7.80. The van der Waals surface area contributed by atoms with Gasteiger partial charge in [-0.3, -0.25) is 19.2 Å². The molecule has 1 aliphatic heterocycles. The van der Waals surface area contributed by atoms with E-state index in [1.807, 2.05) is 16.7 Å². The van der Waals surface area contributed by atoms with E-state index in [-0.39, 0.29) is 5.82 Å². The summed E-state index contributed by atoms with van der Waals surface area (Å²) in [5.41, 5.74) is 1.11. The fourth-order valence-corrected chi connectivity index (χ4v) is 3.95. The lowest BCUT2D eigenvalue weighted by atomic mass is 10.2. The zero-order valence-electron chi connectivity index (χ0n) is 17.4. The quantitative estimate of drug-likeness (QED) is 0.664. The molecule has 0 amide bonds. The number of hydrogen-bond donors (Lipinski definition) is 1. The first-order chi connectivity index (χ1) is 14.5. The number of halogens is 1. The number of unbranched alkanes of at least 4 members (excludes halogenated alkanes) is 1. The fraction of sp³-hybridized carbons (Fsp3) is 0.476. The number of nitrogens with one attached hydrogen (secondary N) is 1. The number of H-pyrrole nitrogens is 1. The lowest BCUT2D eigenvalue weighted by molar-refractivity contribution is 0.248. The lowest BCUT2D eigenvalue weighted by Gasteiger charge is -2.35. The number of hydrogen-bond acceptors (Lipinski definition) is 5. The lowest BCUT2D eigenvalue weighted by Crippen LogP contribution is -2.46. The van der Waals surface area contributed by atoms with Crippen molar-refractivity contribution < 1.29 is 4.39 Å². The molecule has 4 rings (SSSR count). The summed E-state index contributed by atoms with van der Waals surface area (Å²) in [4.78, 5) is 36.1. The van der Waals surface area contributed by atoms with Gasteiger partial charge in [0.2, 0.25) is 5.95 Å². The van der Waals surface area contributed by atoms with Crippen molar-refractivity contribution in [3.05, 3.63) is 56.5 Å². The molecule has 9 heteroatoms. The number of nitrogens with zero attached hydrogens (tertiary/aromatic N) is 5. The highest BCUT2D eigenvalue weighted by Gasteiger charge is 2.24. The summed E-state index contributed by atoms with van der Waals surface area (Å²) < 4.78 is 16.5. The molecule has 0 bridgehead atoms. The molecule has 3 aromatic rings. The number of imidazole rings is 1. The van der Waals surface area contributed by atoms with Gasteiger partial charge in [-0.2, -0.15) is 4.98 Å². The molecule has 1 aliphatic rings. The topological polar surface area (TPSA) is 79.2 Å². The predicted octanol–water partition coefficient (Wildman–Crippen LogP) is 1.68. The van der Waals surface area contributed by atoms with Crippen molar-refractivity contribution in [2.24, 2.45) is 7.05 Å². The Hall–Kier alpha value is -2.94. The second-order valence-corrected chi connectivity index (χ2v) is 7.80. The van der Waals surface area contributed by atoms with Crippen LogP contribution in [0.2, 0.25) is 0 Å². The Morgan fingerprint density at radius 2 is 1.80 bits per heavy atom. The van der Waals surface area contributed by atoms with Gasteiger partial charge < -0.3 is 9.47 Å². The van der Waals surface area contributed by atoms with Crippen LogP contribution in [-0.4, -0.2) is 50.2 Å². The molecule has 8 nitrogen and oxygen atoms in total. The fourth-order valence-electron chi connectivity index (χ4n) is 3.95. The number of rotatable bonds is 6. The first-order valence-corrected chi connectivity index (χ1v) is 10.4. The smallest absolute Gasteiger partial charge is 0.329 e. The first-order valence-electron chi connectivity index (χ1n) is 10.4. The van der Waals surface area contributed by atoms with Crippen molar-refractivity contribution in [2.75, 3.05) is 31.1 Å². The third-order valence-electron chi connectivity index (χ3n) is 5.70. The predicted molar refractivity (Wildman–Crippen MR) is 114 cm³/mol. The highest BCUT2D eigenvalue weighted by Crippen LogP contribution is 2.22. The highest BCUT2D eigenvalue weighted by molar-refractivity contribution is 5.74. The van der Waals surface area contributed by atoms with Crippen LogP contribution in [0, 0.1) is 5.82 Å². The minimum absolute atomic E-state index is 0.223. The molecule has 0 atom stereocenters. The third kappa shape index (κ3) is 3.89. The minimum atomic E-state index is -0.455. The SMILES string of the molecule is CCCCn1c(N2CCN(Cc3ccc(F)cc3)CC2)nc2c1c(=O)[nH]c(=O)n2C. The summed E-state index contributed by atoms with van der Waals surface area (Å²) in [6, 6.07) is 6.62. The maximum Gasteiger partial charge on any atom is 0.329 e. The summed E-state index contributed by atoms with van der Waals surface area (Å²) in [5, 5.41) is 0. The first kappa shape index (κ1) is 20.3. The van der Waals surface area contributed by atoms with Crippen molar-refractivity contribution in [2.45, 2.75) is 32.9 Å². The van der Waals surface area contributed by atoms with Crippen LogP contribution < -0.4 is 16.1 Å². The molecule has 3 heterocycles. The van der Waals surface area contributed by atoms with Crippen LogP contribution in [0.4, 0.5) is 10.3 Å². The molecular formula is C21H27FN6O2. The highest BCUT2D eigenvalue weighted by atomic mass is 19.1. The van der Waals surface area contributed by atoms with Gasteiger partial charge in [0.15, 0.2) is 11.2 Å². The van der Waals surface area contributed by atoms with Gasteiger partial charge >= 0.3 is 5.69 Å². The molecule has 160 valence electrons. The number of anilines is 1. The van der Waals surface area contributed by atoms with E-state index in [1.54, 1.807) is 7.05 Å². The van der Waals surface area contributed by atoms with Crippen LogP contribution in [0.3, 0.4) is 0 Å². The summed E-state index contributed by atoms with van der Waals surface area (Å²) in [5.74, 6) is 0.519. The van der Waals surface area contributed by atoms with E-state index in [0.29, 0.717) is 17.7 Å². The minimum Gasteiger partial charge on any atom is -0.340 e. The molecule has 1 N–H and O–H groups in total. The molecule has 0 aliphatic carbocycles. The van der Waals surface area contributed by atoms with Crippen molar-refractivity contribution in [1.82, 2.24) is 24.0 Å². The number of piperazine rings is 1. The molecule has 1 aromatic carbocycles. The van der Waals surface area contributed by atoms with E-state index < -0.39 is 11.2 Å². The van der Waals surface area contributed by atoms with Crippen LogP contribution in [0.5, 0.6) is 0 Å². The maximum absolute atomic E-state index is 13.1. The summed E-state index contributed by atoms with van der Waals surface area (Å²) in [6.45, 7) is 6.76. The summed E-state index contributed by atoms with van der Waals surface area (Å²) >= 11 is 0. The number of aryl methyl sites for hydroxylation is 2. The zero-order chi connectivity index (χ0) is 21.3. The Morgan fingerprint density at radius 3 is 2.47 bits per heavy atom. The van der Waals surface area contributed by atoms with E-state index in [4.69, 9.17) is 4.98 Å². The molecule has 30 heavy (non-hydrogen) atoms. The van der Waals surface area contributed by atoms with Crippen LogP contribution in [0.15, 0.2) is 33.9 Å². The maximum atomic E-state index is 13.1. The Bertz CT molecular complexity index is 1140. The Balaban J connectivity index is 1.58. The standard InChI is InChI=1S/C21H27FN6O2/c1-3-4-9-28-17-18(25(2)21(30)24-19(17)29)23-20(28)27-12-10-26(11-13-27)14-15-5-7-16(22)8-6-15/h5-8H,3-4,9-14H2,1-2H3,(H,24,29,30). The summed E-state index contributed by atoms with van der Waals surface area (Å²) in [7, 11) is 1.63. The van der Waals surface area contributed by atoms with Gasteiger partial charge in [-0.15, -0.1) is 0 Å². The summed E-state index contributed by atoms with van der Waals surface area (Å²) in [6.07, 6.45) is 1.92. The van der Waals surface area contributed by atoms with Gasteiger partial charge in [-0.05, 0) is 24.1 Å². The van der Waals surface area contributed by atoms with Crippen molar-refractivity contribution >= 4 is 17.1 Å². The number of aromatic nitrogens is 4. The number of benzene rings is 1. The van der Waals surface area contributed by atoms with Gasteiger partial charge in [-0.1, -0.05) is 25.5 Å². The molecule has 0 saturated carbocycles. The Labute approximate surface area is 173 Å². The van der Waals surface area contributed by atoms with Crippen LogP contribution in [-0.2, 0) is 20.1 Å². The van der Waals surface area contributed by atoms with E-state index >= 15 is 0 Å². The van der Waals surface area contributed by atoms with Gasteiger partial charge in [0.1, 0.15) is 5.82 Å². The van der Waals surface area contributed by atoms with Crippen molar-refractivity contribution in [3.8, 4) is 0 Å². The second kappa shape index (κ2) is 8.43. The average molecular weight is 414 g/mol. The normalized spacial score (nSPS) is 15.2. The van der Waals surface area contributed by atoms with Crippen LogP contribution in [0.25, 0.3) is 11.2 Å². The third-order valence-corrected chi connectivity index (χ3v) is 5.70. The largest absolute Gasteiger partial charge is 0.340 e. The Kier molecular flexibility index (Phi) is 5.72. The van der Waals surface area contributed by atoms with Gasteiger partial charge in [0.25, 0.3) is 5.56 Å². The Morgan fingerprint density at radius 1 is 1.10 bits per heavy atom. The average Bonchev–Trinajstić information content (AvgIpc) is 3.13. The van der Waals surface area contributed by atoms with E-state index in [2.05, 4.69) is 21.7 Å². The van der Waals surface area contributed by atoms with E-state index in [9.17, 15) is 14.0 Å². The molecule has 2 aromatic heterocycles. The van der Waals surface area contributed by atoms with Crippen LogP contribution >= 0.6 is 0 Å². The molecule has 1 fully saturated rings. The number of fused-ring (bicyclic) bond motifs is 1. The number of aromatic amines is 1. The molecule has 0 spiro atoms. The van der Waals surface area contributed by atoms with Crippen molar-refractivity contribution in [3.63, 3.8) is 0 Å². The van der Waals surface area contributed by atoms with Gasteiger partial charge in [0.05, 0.1) is 0 Å². The zero-order valence-corrected chi connectivity index (χ0v) is 17.4. The van der Waals surface area contributed by atoms with Crippen molar-refractivity contribution in [1.29, 1.82) is 0 Å². The monoisotopic (exact) mass is 414 g/mol. The van der Waals surface area contributed by atoms with E-state index in [0.717, 1.165) is 57.1 Å². The van der Waals surface area contributed by atoms with Gasteiger partial charge in [0, 0.05) is 46.3 Å². The van der Waals surface area contributed by atoms with E-state index in [1.165, 1.54) is 16.7 Å². The van der Waals surface area contributed by atoms with Crippen LogP contribution in [0.1, 0.15) is 25.3 Å². The molecular weight excluding hydrogens is 387 g/mol. The molecule has 0 unspecified atom stereocenters. The molecule has 0 radical (unpaired) electrons. The van der Waals surface area contributed by atoms with Gasteiger partial charge in [-0.25, -0.2) is 9.18 Å².